The van der Waals surface area contributed by atoms with Gasteiger partial charge in [0, 0.05) is 66.6 Å². The zero-order valence-electron chi connectivity index (χ0n) is 23.7. The molecule has 1 saturated heterocycles. The first-order valence-corrected chi connectivity index (χ1v) is 14.5. The lowest BCUT2D eigenvalue weighted by molar-refractivity contribution is 0.0638. The Morgan fingerprint density at radius 2 is 1.62 bits per heavy atom. The van der Waals surface area contributed by atoms with Crippen LogP contribution < -0.4 is 4.74 Å². The number of amides is 1. The summed E-state index contributed by atoms with van der Waals surface area (Å²) in [6.07, 6.45) is 2.08. The lowest BCUT2D eigenvalue weighted by atomic mass is 10.1. The monoisotopic (exact) mass is 526 g/mol. The van der Waals surface area contributed by atoms with Crippen LogP contribution in [-0.4, -0.2) is 84.6 Å². The van der Waals surface area contributed by atoms with E-state index in [1.165, 1.54) is 27.4 Å². The lowest BCUT2D eigenvalue weighted by Gasteiger charge is -2.34. The lowest BCUT2D eigenvalue weighted by Crippen LogP contribution is -2.49. The van der Waals surface area contributed by atoms with Crippen LogP contribution in [0.4, 0.5) is 0 Å². The number of hydrogen-bond donors (Lipinski definition) is 0. The van der Waals surface area contributed by atoms with Gasteiger partial charge in [-0.2, -0.15) is 0 Å². The highest BCUT2D eigenvalue weighted by Gasteiger charge is 2.23. The number of nitrogens with zero attached hydrogens (tertiary/aromatic N) is 4. The topological polar surface area (TPSA) is 41.0 Å². The highest BCUT2D eigenvalue weighted by Crippen LogP contribution is 2.30. The van der Waals surface area contributed by atoms with E-state index in [0.29, 0.717) is 0 Å². The van der Waals surface area contributed by atoms with Crippen LogP contribution in [0, 0.1) is 0 Å². The Morgan fingerprint density at radius 1 is 0.846 bits per heavy atom. The Balaban J connectivity index is 1.26. The number of aryl methyl sites for hydroxylation is 1. The van der Waals surface area contributed by atoms with Crippen molar-refractivity contribution in [2.24, 2.45) is 0 Å². The highest BCUT2D eigenvalue weighted by molar-refractivity contribution is 6.10. The fourth-order valence-corrected chi connectivity index (χ4v) is 5.89. The first kappa shape index (κ1) is 27.2. The number of carbonyl (C=O) groups excluding carboxylic acids is 1. The highest BCUT2D eigenvalue weighted by atomic mass is 16.5. The summed E-state index contributed by atoms with van der Waals surface area (Å²) in [6.45, 7) is 13.0. The van der Waals surface area contributed by atoms with Gasteiger partial charge in [-0.3, -0.25) is 9.69 Å². The second kappa shape index (κ2) is 12.7. The number of rotatable bonds is 11. The minimum atomic E-state index is 0.143. The van der Waals surface area contributed by atoms with Crippen LogP contribution >= 0.6 is 0 Å². The first-order chi connectivity index (χ1) is 19.1. The van der Waals surface area contributed by atoms with Gasteiger partial charge in [-0.1, -0.05) is 50.2 Å². The summed E-state index contributed by atoms with van der Waals surface area (Å²) in [4.78, 5) is 20.5. The summed E-state index contributed by atoms with van der Waals surface area (Å²) >= 11 is 0. The van der Waals surface area contributed by atoms with Crippen molar-refractivity contribution in [1.29, 1.82) is 0 Å². The molecule has 6 nitrogen and oxygen atoms in total. The van der Waals surface area contributed by atoms with Crippen LogP contribution in [0.2, 0.25) is 0 Å². The minimum Gasteiger partial charge on any atom is -0.497 e. The van der Waals surface area contributed by atoms with Crippen molar-refractivity contribution in [3.63, 3.8) is 0 Å². The van der Waals surface area contributed by atoms with E-state index in [9.17, 15) is 4.79 Å². The van der Waals surface area contributed by atoms with E-state index in [2.05, 4.69) is 76.7 Å². The second-order valence-corrected chi connectivity index (χ2v) is 10.5. The van der Waals surface area contributed by atoms with Crippen molar-refractivity contribution >= 4 is 27.7 Å². The molecule has 2 heterocycles. The molecule has 6 heteroatoms. The Hall–Kier alpha value is -3.35. The predicted molar refractivity (Wildman–Crippen MR) is 161 cm³/mol. The molecule has 0 atom stereocenters. The molecule has 1 aliphatic rings. The smallest absolute Gasteiger partial charge is 0.254 e. The SMILES string of the molecule is CCN(CC)CCCn1c2ccccc2c2ccc(C(=O)N3CCN(CCc4cccc(OC)c4)CC3)cc21. The summed E-state index contributed by atoms with van der Waals surface area (Å²) in [5, 5.41) is 2.49. The van der Waals surface area contributed by atoms with Crippen LogP contribution in [0.25, 0.3) is 21.8 Å². The Kier molecular flexibility index (Phi) is 8.84. The zero-order chi connectivity index (χ0) is 27.2. The fourth-order valence-electron chi connectivity index (χ4n) is 5.89. The Labute approximate surface area is 232 Å². The maximum absolute atomic E-state index is 13.6. The molecule has 1 amide bonds. The van der Waals surface area contributed by atoms with Crippen molar-refractivity contribution in [2.45, 2.75) is 33.2 Å². The molecule has 1 fully saturated rings. The van der Waals surface area contributed by atoms with E-state index in [1.54, 1.807) is 7.11 Å². The normalized spacial score (nSPS) is 14.5. The van der Waals surface area contributed by atoms with E-state index in [1.807, 2.05) is 23.1 Å². The number of benzene rings is 3. The summed E-state index contributed by atoms with van der Waals surface area (Å²) < 4.78 is 7.78. The molecule has 4 aromatic rings. The predicted octanol–water partition coefficient (Wildman–Crippen LogP) is 5.54. The summed E-state index contributed by atoms with van der Waals surface area (Å²) in [6, 6.07) is 23.2. The Bertz CT molecular complexity index is 1400. The molecule has 206 valence electrons. The van der Waals surface area contributed by atoms with Gasteiger partial charge in [0.15, 0.2) is 0 Å². The van der Waals surface area contributed by atoms with Gasteiger partial charge in [-0.05, 0) is 68.4 Å². The van der Waals surface area contributed by atoms with Crippen molar-refractivity contribution in [3.05, 3.63) is 77.9 Å². The molecule has 1 aliphatic heterocycles. The third kappa shape index (κ3) is 6.13. The number of hydrogen-bond acceptors (Lipinski definition) is 4. The molecule has 3 aromatic carbocycles. The molecular formula is C33H42N4O2. The molecule has 1 aromatic heterocycles. The number of methoxy groups -OCH3 is 1. The largest absolute Gasteiger partial charge is 0.497 e. The number of aromatic nitrogens is 1. The molecule has 0 unspecified atom stereocenters. The van der Waals surface area contributed by atoms with Crippen LogP contribution in [-0.2, 0) is 13.0 Å². The van der Waals surface area contributed by atoms with Gasteiger partial charge in [0.25, 0.3) is 5.91 Å². The average Bonchev–Trinajstić information content (AvgIpc) is 3.31. The molecule has 39 heavy (non-hydrogen) atoms. The van der Waals surface area contributed by atoms with Gasteiger partial charge in [0.2, 0.25) is 0 Å². The van der Waals surface area contributed by atoms with Gasteiger partial charge in [0.05, 0.1) is 7.11 Å². The summed E-state index contributed by atoms with van der Waals surface area (Å²) in [7, 11) is 1.71. The van der Waals surface area contributed by atoms with E-state index in [-0.39, 0.29) is 5.91 Å². The molecule has 0 N–H and O–H groups in total. The van der Waals surface area contributed by atoms with Gasteiger partial charge in [0.1, 0.15) is 5.75 Å². The number of fused-ring (bicyclic) bond motifs is 3. The number of ether oxygens (including phenoxy) is 1. The van der Waals surface area contributed by atoms with E-state index >= 15 is 0 Å². The van der Waals surface area contributed by atoms with Gasteiger partial charge < -0.3 is 19.1 Å². The van der Waals surface area contributed by atoms with E-state index in [0.717, 1.165) is 83.1 Å². The molecule has 0 radical (unpaired) electrons. The van der Waals surface area contributed by atoms with Crippen molar-refractivity contribution in [3.8, 4) is 5.75 Å². The maximum atomic E-state index is 13.6. The molecule has 0 bridgehead atoms. The third-order valence-corrected chi connectivity index (χ3v) is 8.28. The standard InChI is InChI=1S/C33H42N4O2/c1-4-34(5-2)17-9-18-37-31-13-7-6-12-29(31)30-15-14-27(25-32(30)37)33(38)36-22-20-35(21-23-36)19-16-26-10-8-11-28(24-26)39-3/h6-8,10-15,24-25H,4-5,9,16-23H2,1-3H3. The Morgan fingerprint density at radius 3 is 2.38 bits per heavy atom. The third-order valence-electron chi connectivity index (χ3n) is 8.28. The van der Waals surface area contributed by atoms with Crippen LogP contribution in [0.1, 0.15) is 36.2 Å². The van der Waals surface area contributed by atoms with Crippen LogP contribution in [0.15, 0.2) is 66.7 Å². The average molecular weight is 527 g/mol. The van der Waals surface area contributed by atoms with Gasteiger partial charge in [-0.15, -0.1) is 0 Å². The molecule has 0 spiro atoms. The minimum absolute atomic E-state index is 0.143. The van der Waals surface area contributed by atoms with Crippen LogP contribution in [0.5, 0.6) is 5.75 Å². The van der Waals surface area contributed by atoms with E-state index < -0.39 is 0 Å². The molecule has 5 rings (SSSR count). The van der Waals surface area contributed by atoms with Crippen molar-refractivity contribution < 1.29 is 9.53 Å². The van der Waals surface area contributed by atoms with Gasteiger partial charge in [-0.25, -0.2) is 0 Å². The molecule has 0 aliphatic carbocycles. The summed E-state index contributed by atoms with van der Waals surface area (Å²) in [5.41, 5.74) is 4.49. The molecular weight excluding hydrogens is 484 g/mol. The zero-order valence-corrected chi connectivity index (χ0v) is 23.7. The van der Waals surface area contributed by atoms with Crippen molar-refractivity contribution in [1.82, 2.24) is 19.3 Å². The number of carbonyl (C=O) groups is 1. The molecule has 0 saturated carbocycles. The van der Waals surface area contributed by atoms with Crippen molar-refractivity contribution in [2.75, 3.05) is 59.5 Å². The number of para-hydroxylation sites is 1. The van der Waals surface area contributed by atoms with Crippen LogP contribution in [0.3, 0.4) is 0 Å². The fraction of sp³-hybridized carbons (Fsp3) is 0.424. The van der Waals surface area contributed by atoms with Gasteiger partial charge >= 0.3 is 0 Å². The quantitative estimate of drug-likeness (QED) is 0.258. The second-order valence-electron chi connectivity index (χ2n) is 10.5. The van der Waals surface area contributed by atoms with E-state index in [4.69, 9.17) is 4.74 Å². The number of piperazine rings is 1. The summed E-state index contributed by atoms with van der Waals surface area (Å²) in [5.74, 6) is 1.05. The maximum Gasteiger partial charge on any atom is 0.254 e. The first-order valence-electron chi connectivity index (χ1n) is 14.5.